The van der Waals surface area contributed by atoms with Gasteiger partial charge in [0.05, 0.1) is 30.1 Å². The molecule has 0 aliphatic carbocycles. The first-order valence-electron chi connectivity index (χ1n) is 8.25. The molecule has 0 radical (unpaired) electrons. The summed E-state index contributed by atoms with van der Waals surface area (Å²) < 4.78 is 5.46. The third-order valence-electron chi connectivity index (χ3n) is 4.47. The van der Waals surface area contributed by atoms with Crippen LogP contribution in [0, 0.1) is 0 Å². The molecule has 24 heavy (non-hydrogen) atoms. The summed E-state index contributed by atoms with van der Waals surface area (Å²) in [5.41, 5.74) is 3.12. The van der Waals surface area contributed by atoms with Crippen LogP contribution < -0.4 is 4.90 Å². The molecule has 1 fully saturated rings. The summed E-state index contributed by atoms with van der Waals surface area (Å²) in [6.07, 6.45) is 2.68. The Morgan fingerprint density at radius 1 is 1.17 bits per heavy atom. The molecule has 5 nitrogen and oxygen atoms in total. The molecular formula is C19H20N4O. The Morgan fingerprint density at radius 2 is 2.08 bits per heavy atom. The quantitative estimate of drug-likeness (QED) is 0.739. The van der Waals surface area contributed by atoms with Gasteiger partial charge in [-0.05, 0) is 18.6 Å². The topological polar surface area (TPSA) is 51.1 Å². The van der Waals surface area contributed by atoms with Crippen molar-refractivity contribution >= 4 is 16.7 Å². The smallest absolute Gasteiger partial charge is 0.132 e. The molecule has 1 aliphatic rings. The van der Waals surface area contributed by atoms with Crippen LogP contribution in [-0.2, 0) is 11.3 Å². The Morgan fingerprint density at radius 3 is 2.96 bits per heavy atom. The first-order chi connectivity index (χ1) is 11.8. The highest BCUT2D eigenvalue weighted by Gasteiger charge is 2.20. The molecule has 3 aromatic rings. The van der Waals surface area contributed by atoms with Crippen LogP contribution in [0.4, 0.5) is 5.82 Å². The lowest BCUT2D eigenvalue weighted by atomic mass is 10.0. The van der Waals surface area contributed by atoms with Gasteiger partial charge in [-0.2, -0.15) is 0 Å². The van der Waals surface area contributed by atoms with Gasteiger partial charge < -0.3 is 9.64 Å². The number of hydrogen-bond donors (Lipinski definition) is 0. The van der Waals surface area contributed by atoms with Gasteiger partial charge in [0.25, 0.3) is 0 Å². The molecule has 0 unspecified atom stereocenters. The van der Waals surface area contributed by atoms with Crippen molar-refractivity contribution in [2.24, 2.45) is 0 Å². The van der Waals surface area contributed by atoms with E-state index in [4.69, 9.17) is 9.72 Å². The molecule has 122 valence electrons. The van der Waals surface area contributed by atoms with Crippen molar-refractivity contribution in [2.75, 3.05) is 25.2 Å². The van der Waals surface area contributed by atoms with Crippen LogP contribution in [0.15, 0.2) is 48.8 Å². The Labute approximate surface area is 141 Å². The summed E-state index contributed by atoms with van der Waals surface area (Å²) in [7, 11) is 2.04. The van der Waals surface area contributed by atoms with E-state index in [1.54, 1.807) is 6.33 Å². The summed E-state index contributed by atoms with van der Waals surface area (Å²) in [6, 6.07) is 14.4. The van der Waals surface area contributed by atoms with E-state index in [2.05, 4.69) is 39.1 Å². The van der Waals surface area contributed by atoms with Crippen molar-refractivity contribution in [3.8, 4) is 0 Å². The van der Waals surface area contributed by atoms with E-state index >= 15 is 0 Å². The number of ether oxygens (including phenoxy) is 1. The highest BCUT2D eigenvalue weighted by atomic mass is 16.5. The molecule has 1 saturated heterocycles. The predicted molar refractivity (Wildman–Crippen MR) is 94.1 cm³/mol. The van der Waals surface area contributed by atoms with Crippen molar-refractivity contribution in [3.05, 3.63) is 60.2 Å². The van der Waals surface area contributed by atoms with Gasteiger partial charge in [0.1, 0.15) is 12.1 Å². The van der Waals surface area contributed by atoms with Gasteiger partial charge in [-0.15, -0.1) is 0 Å². The number of benzene rings is 1. The second-order valence-electron chi connectivity index (χ2n) is 6.21. The Balaban J connectivity index is 1.54. The Hall–Kier alpha value is -2.53. The molecule has 0 saturated carbocycles. The minimum absolute atomic E-state index is 0.388. The summed E-state index contributed by atoms with van der Waals surface area (Å²) in [4.78, 5) is 15.7. The number of anilines is 1. The molecule has 1 aliphatic heterocycles. The fourth-order valence-corrected chi connectivity index (χ4v) is 3.08. The third-order valence-corrected chi connectivity index (χ3v) is 4.47. The van der Waals surface area contributed by atoms with E-state index in [0.717, 1.165) is 47.7 Å². The van der Waals surface area contributed by atoms with E-state index in [0.29, 0.717) is 12.5 Å². The van der Waals surface area contributed by atoms with Crippen LogP contribution in [0.25, 0.3) is 10.9 Å². The van der Waals surface area contributed by atoms with Crippen LogP contribution in [-0.4, -0.2) is 35.2 Å². The molecule has 0 spiro atoms. The fraction of sp³-hybridized carbons (Fsp3) is 0.316. The summed E-state index contributed by atoms with van der Waals surface area (Å²) in [5.74, 6) is 1.31. The van der Waals surface area contributed by atoms with Crippen LogP contribution in [0.5, 0.6) is 0 Å². The molecule has 4 rings (SSSR count). The van der Waals surface area contributed by atoms with Crippen molar-refractivity contribution in [1.82, 2.24) is 15.0 Å². The molecule has 0 bridgehead atoms. The zero-order chi connectivity index (χ0) is 16.4. The first kappa shape index (κ1) is 15.0. The standard InChI is InChI=1S/C19H20N4O/c1-23(11-16-7-6-14-4-2-3-5-17(14)22-16)19-10-18(20-13-21-19)15-8-9-24-12-15/h2-7,10,13,15H,8-9,11-12H2,1H3/t15-/m0/s1. The average Bonchev–Trinajstić information content (AvgIpc) is 3.16. The van der Waals surface area contributed by atoms with Crippen molar-refractivity contribution in [3.63, 3.8) is 0 Å². The maximum Gasteiger partial charge on any atom is 0.132 e. The number of fused-ring (bicyclic) bond motifs is 1. The first-order valence-corrected chi connectivity index (χ1v) is 8.25. The maximum atomic E-state index is 5.46. The van der Waals surface area contributed by atoms with Crippen molar-refractivity contribution in [2.45, 2.75) is 18.9 Å². The van der Waals surface area contributed by atoms with Gasteiger partial charge in [0.2, 0.25) is 0 Å². The lowest BCUT2D eigenvalue weighted by Gasteiger charge is -2.19. The highest BCUT2D eigenvalue weighted by molar-refractivity contribution is 5.78. The van der Waals surface area contributed by atoms with E-state index < -0.39 is 0 Å². The van der Waals surface area contributed by atoms with Gasteiger partial charge in [0, 0.05) is 31.0 Å². The molecule has 0 N–H and O–H groups in total. The minimum Gasteiger partial charge on any atom is -0.381 e. The van der Waals surface area contributed by atoms with E-state index in [9.17, 15) is 0 Å². The predicted octanol–water partition coefficient (Wildman–Crippen LogP) is 3.17. The average molecular weight is 320 g/mol. The van der Waals surface area contributed by atoms with Crippen LogP contribution >= 0.6 is 0 Å². The van der Waals surface area contributed by atoms with Gasteiger partial charge in [-0.3, -0.25) is 4.98 Å². The SMILES string of the molecule is CN(Cc1ccc2ccccc2n1)c1cc([C@H]2CCOC2)ncn1. The fourth-order valence-electron chi connectivity index (χ4n) is 3.08. The number of pyridine rings is 1. The van der Waals surface area contributed by atoms with E-state index in [1.165, 1.54) is 0 Å². The maximum absolute atomic E-state index is 5.46. The summed E-state index contributed by atoms with van der Waals surface area (Å²) >= 11 is 0. The van der Waals surface area contributed by atoms with Crippen LogP contribution in [0.2, 0.25) is 0 Å². The Bertz CT molecular complexity index is 845. The monoisotopic (exact) mass is 320 g/mol. The summed E-state index contributed by atoms with van der Waals surface area (Å²) in [5, 5.41) is 1.16. The zero-order valence-corrected chi connectivity index (χ0v) is 13.7. The third kappa shape index (κ3) is 3.08. The van der Waals surface area contributed by atoms with Crippen molar-refractivity contribution < 1.29 is 4.74 Å². The molecular weight excluding hydrogens is 300 g/mol. The number of aromatic nitrogens is 3. The van der Waals surface area contributed by atoms with Crippen LogP contribution in [0.3, 0.4) is 0 Å². The van der Waals surface area contributed by atoms with E-state index in [1.807, 2.05) is 25.2 Å². The Kier molecular flexibility index (Phi) is 4.09. The molecule has 3 heterocycles. The molecule has 2 aromatic heterocycles. The van der Waals surface area contributed by atoms with Crippen LogP contribution in [0.1, 0.15) is 23.7 Å². The zero-order valence-electron chi connectivity index (χ0n) is 13.7. The molecule has 1 aromatic carbocycles. The number of hydrogen-bond acceptors (Lipinski definition) is 5. The van der Waals surface area contributed by atoms with Gasteiger partial charge in [-0.1, -0.05) is 24.3 Å². The number of rotatable bonds is 4. The minimum atomic E-state index is 0.388. The number of nitrogens with zero attached hydrogens (tertiary/aromatic N) is 4. The lowest BCUT2D eigenvalue weighted by Crippen LogP contribution is -2.19. The van der Waals surface area contributed by atoms with Crippen molar-refractivity contribution in [1.29, 1.82) is 0 Å². The summed E-state index contributed by atoms with van der Waals surface area (Å²) in [6.45, 7) is 2.29. The van der Waals surface area contributed by atoms with Gasteiger partial charge in [-0.25, -0.2) is 9.97 Å². The van der Waals surface area contributed by atoms with E-state index in [-0.39, 0.29) is 0 Å². The largest absolute Gasteiger partial charge is 0.381 e. The van der Waals surface area contributed by atoms with Gasteiger partial charge >= 0.3 is 0 Å². The molecule has 1 atom stereocenters. The van der Waals surface area contributed by atoms with Gasteiger partial charge in [0.15, 0.2) is 0 Å². The molecule has 5 heteroatoms. The second kappa shape index (κ2) is 6.53. The lowest BCUT2D eigenvalue weighted by molar-refractivity contribution is 0.193. The normalized spacial score (nSPS) is 17.3. The molecule has 0 amide bonds. The number of para-hydroxylation sites is 1. The second-order valence-corrected chi connectivity index (χ2v) is 6.21. The highest BCUT2D eigenvalue weighted by Crippen LogP contribution is 2.25.